The molecule has 1 fully saturated rings. The summed E-state index contributed by atoms with van der Waals surface area (Å²) < 4.78 is 1.04. The van der Waals surface area contributed by atoms with E-state index in [4.69, 9.17) is 5.11 Å². The fourth-order valence-electron chi connectivity index (χ4n) is 2.52. The van der Waals surface area contributed by atoms with Crippen LogP contribution in [0.15, 0.2) is 28.7 Å². The van der Waals surface area contributed by atoms with Gasteiger partial charge in [0.2, 0.25) is 5.91 Å². The first kappa shape index (κ1) is 16.8. The molecular weight excluding hydrogens is 348 g/mol. The Morgan fingerprint density at radius 3 is 2.59 bits per heavy atom. The molecule has 120 valence electrons. The maximum Gasteiger partial charge on any atom is 0.309 e. The van der Waals surface area contributed by atoms with Crippen molar-refractivity contribution in [3.63, 3.8) is 0 Å². The fraction of sp³-hybridized carbons (Fsp3) is 0.500. The number of nitrogens with zero attached hydrogens (tertiary/aromatic N) is 1. The highest BCUT2D eigenvalue weighted by molar-refractivity contribution is 9.10. The third-order valence-corrected chi connectivity index (χ3v) is 4.46. The Morgan fingerprint density at radius 1 is 1.36 bits per heavy atom. The largest absolute Gasteiger partial charge is 0.481 e. The summed E-state index contributed by atoms with van der Waals surface area (Å²) >= 11 is 3.41. The zero-order valence-electron chi connectivity index (χ0n) is 12.8. The Labute approximate surface area is 138 Å². The predicted octanol–water partition coefficient (Wildman–Crippen LogP) is 2.64. The molecule has 1 unspecified atom stereocenters. The van der Waals surface area contributed by atoms with E-state index in [1.54, 1.807) is 13.8 Å². The molecule has 5 nitrogen and oxygen atoms in total. The van der Waals surface area contributed by atoms with Gasteiger partial charge in [-0.15, -0.1) is 0 Å². The molecule has 1 aromatic rings. The number of carboxylic acid groups (broad SMARTS) is 1. The molecule has 2 N–H and O–H groups in total. The zero-order valence-corrected chi connectivity index (χ0v) is 14.4. The lowest BCUT2D eigenvalue weighted by molar-refractivity contribution is -0.149. The third kappa shape index (κ3) is 4.22. The molecule has 1 atom stereocenters. The SMILES string of the molecule is CC(C)(CC(=O)NC1CCN(c2ccc(Br)cc2)C1)C(=O)O. The number of hydrogen-bond acceptors (Lipinski definition) is 3. The normalized spacial score (nSPS) is 18.3. The Balaban J connectivity index is 1.87. The number of aliphatic carboxylic acids is 1. The van der Waals surface area contributed by atoms with Crippen LogP contribution in [0.4, 0.5) is 5.69 Å². The molecule has 1 aliphatic heterocycles. The lowest BCUT2D eigenvalue weighted by Gasteiger charge is -2.21. The summed E-state index contributed by atoms with van der Waals surface area (Å²) in [6.45, 7) is 4.77. The van der Waals surface area contributed by atoms with Crippen molar-refractivity contribution in [2.75, 3.05) is 18.0 Å². The van der Waals surface area contributed by atoms with Gasteiger partial charge in [-0.2, -0.15) is 0 Å². The number of hydrogen-bond donors (Lipinski definition) is 2. The number of amides is 1. The lowest BCUT2D eigenvalue weighted by atomic mass is 9.89. The maximum atomic E-state index is 12.0. The monoisotopic (exact) mass is 368 g/mol. The van der Waals surface area contributed by atoms with E-state index in [9.17, 15) is 9.59 Å². The number of nitrogens with one attached hydrogen (secondary N) is 1. The molecule has 2 rings (SSSR count). The number of benzene rings is 1. The summed E-state index contributed by atoms with van der Waals surface area (Å²) in [6, 6.07) is 8.15. The standard InChI is InChI=1S/C16H21BrN2O3/c1-16(2,15(21)22)9-14(20)18-12-7-8-19(10-12)13-5-3-11(17)4-6-13/h3-6,12H,7-10H2,1-2H3,(H,18,20)(H,21,22). The predicted molar refractivity (Wildman–Crippen MR) is 88.9 cm³/mol. The number of carboxylic acids is 1. The molecular formula is C16H21BrN2O3. The van der Waals surface area contributed by atoms with Crippen molar-refractivity contribution in [1.29, 1.82) is 0 Å². The van der Waals surface area contributed by atoms with Crippen molar-refractivity contribution < 1.29 is 14.7 Å². The van der Waals surface area contributed by atoms with Gasteiger partial charge in [0.25, 0.3) is 0 Å². The molecule has 22 heavy (non-hydrogen) atoms. The number of carbonyl (C=O) groups excluding carboxylic acids is 1. The average Bonchev–Trinajstić information content (AvgIpc) is 2.87. The number of rotatable bonds is 5. The minimum absolute atomic E-state index is 0.00286. The van der Waals surface area contributed by atoms with E-state index in [0.717, 1.165) is 29.7 Å². The molecule has 1 amide bonds. The van der Waals surface area contributed by atoms with Gasteiger partial charge in [-0.3, -0.25) is 9.59 Å². The molecule has 1 heterocycles. The highest BCUT2D eigenvalue weighted by Crippen LogP contribution is 2.24. The molecule has 0 aliphatic carbocycles. The van der Waals surface area contributed by atoms with E-state index in [2.05, 4.69) is 26.1 Å². The molecule has 0 bridgehead atoms. The van der Waals surface area contributed by atoms with Gasteiger partial charge in [0.05, 0.1) is 5.41 Å². The highest BCUT2D eigenvalue weighted by atomic mass is 79.9. The van der Waals surface area contributed by atoms with E-state index < -0.39 is 11.4 Å². The third-order valence-electron chi connectivity index (χ3n) is 3.93. The topological polar surface area (TPSA) is 69.6 Å². The van der Waals surface area contributed by atoms with E-state index in [1.807, 2.05) is 24.3 Å². The summed E-state index contributed by atoms with van der Waals surface area (Å²) in [4.78, 5) is 25.3. The quantitative estimate of drug-likeness (QED) is 0.837. The van der Waals surface area contributed by atoms with Crippen molar-refractivity contribution in [3.8, 4) is 0 Å². The van der Waals surface area contributed by atoms with Crippen LogP contribution in [0, 0.1) is 5.41 Å². The minimum Gasteiger partial charge on any atom is -0.481 e. The second-order valence-corrected chi connectivity index (χ2v) is 7.26. The number of anilines is 1. The van der Waals surface area contributed by atoms with Crippen molar-refractivity contribution in [2.45, 2.75) is 32.7 Å². The summed E-state index contributed by atoms with van der Waals surface area (Å²) in [6.07, 6.45) is 0.867. The minimum atomic E-state index is -1.03. The van der Waals surface area contributed by atoms with Gasteiger partial charge < -0.3 is 15.3 Å². The van der Waals surface area contributed by atoms with Gasteiger partial charge in [0, 0.05) is 35.7 Å². The van der Waals surface area contributed by atoms with E-state index in [1.165, 1.54) is 0 Å². The summed E-state index contributed by atoms with van der Waals surface area (Å²) in [5.74, 6) is -1.15. The van der Waals surface area contributed by atoms with E-state index in [0.29, 0.717) is 0 Å². The van der Waals surface area contributed by atoms with Crippen LogP contribution in [0.3, 0.4) is 0 Å². The molecule has 0 saturated carbocycles. The first-order chi connectivity index (χ1) is 10.3. The van der Waals surface area contributed by atoms with Crippen molar-refractivity contribution in [3.05, 3.63) is 28.7 Å². The van der Waals surface area contributed by atoms with Crippen LogP contribution in [0.5, 0.6) is 0 Å². The molecule has 0 radical (unpaired) electrons. The highest BCUT2D eigenvalue weighted by Gasteiger charge is 2.32. The summed E-state index contributed by atoms with van der Waals surface area (Å²) in [5.41, 5.74) is 0.0967. The molecule has 0 aromatic heterocycles. The first-order valence-electron chi connectivity index (χ1n) is 7.31. The second-order valence-electron chi connectivity index (χ2n) is 6.34. The Hall–Kier alpha value is -1.56. The maximum absolute atomic E-state index is 12.0. The number of carbonyl (C=O) groups is 2. The molecule has 1 saturated heterocycles. The van der Waals surface area contributed by atoms with Gasteiger partial charge in [-0.05, 0) is 44.5 Å². The Morgan fingerprint density at radius 2 is 2.00 bits per heavy atom. The summed E-state index contributed by atoms with van der Waals surface area (Å²) in [5, 5.41) is 12.0. The second kappa shape index (κ2) is 6.69. The molecule has 1 aliphatic rings. The molecule has 6 heteroatoms. The van der Waals surface area contributed by atoms with E-state index >= 15 is 0 Å². The molecule has 0 spiro atoms. The van der Waals surface area contributed by atoms with Crippen LogP contribution in [-0.4, -0.2) is 36.1 Å². The van der Waals surface area contributed by atoms with Gasteiger partial charge in [-0.25, -0.2) is 0 Å². The van der Waals surface area contributed by atoms with Crippen molar-refractivity contribution in [1.82, 2.24) is 5.32 Å². The molecule has 1 aromatic carbocycles. The summed E-state index contributed by atoms with van der Waals surface area (Å²) in [7, 11) is 0. The van der Waals surface area contributed by atoms with Crippen LogP contribution in [0.1, 0.15) is 26.7 Å². The average molecular weight is 369 g/mol. The van der Waals surface area contributed by atoms with Crippen LogP contribution in [-0.2, 0) is 9.59 Å². The Kier molecular flexibility index (Phi) is 5.11. The van der Waals surface area contributed by atoms with Gasteiger partial charge in [0.15, 0.2) is 0 Å². The van der Waals surface area contributed by atoms with Crippen LogP contribution >= 0.6 is 15.9 Å². The first-order valence-corrected chi connectivity index (χ1v) is 8.10. The van der Waals surface area contributed by atoms with Crippen LogP contribution < -0.4 is 10.2 Å². The van der Waals surface area contributed by atoms with E-state index in [-0.39, 0.29) is 18.4 Å². The van der Waals surface area contributed by atoms with Gasteiger partial charge >= 0.3 is 5.97 Å². The lowest BCUT2D eigenvalue weighted by Crippen LogP contribution is -2.40. The van der Waals surface area contributed by atoms with Crippen molar-refractivity contribution in [2.24, 2.45) is 5.41 Å². The van der Waals surface area contributed by atoms with Gasteiger partial charge in [0.1, 0.15) is 0 Å². The van der Waals surface area contributed by atoms with Gasteiger partial charge in [-0.1, -0.05) is 15.9 Å². The Bertz CT molecular complexity index is 557. The smallest absolute Gasteiger partial charge is 0.309 e. The number of halogens is 1. The zero-order chi connectivity index (χ0) is 16.3. The van der Waals surface area contributed by atoms with Crippen LogP contribution in [0.25, 0.3) is 0 Å². The van der Waals surface area contributed by atoms with Crippen molar-refractivity contribution >= 4 is 33.5 Å². The van der Waals surface area contributed by atoms with Crippen LogP contribution in [0.2, 0.25) is 0 Å². The fourth-order valence-corrected chi connectivity index (χ4v) is 2.78.